The fourth-order valence-corrected chi connectivity index (χ4v) is 2.09. The van der Waals surface area contributed by atoms with E-state index < -0.39 is 0 Å². The van der Waals surface area contributed by atoms with Gasteiger partial charge in [-0.25, -0.2) is 0 Å². The number of rotatable bonds is 2. The topological polar surface area (TPSA) is 15.3 Å². The molecule has 0 aromatic heterocycles. The summed E-state index contributed by atoms with van der Waals surface area (Å²) in [6, 6.07) is 0. The van der Waals surface area contributed by atoms with Crippen molar-refractivity contribution < 1.29 is 0 Å². The summed E-state index contributed by atoms with van der Waals surface area (Å²) in [5, 5.41) is 3.33. The standard InChI is InChI=1S/C10H20N2/c1-9-2-4-12(5-3-9)8-10-6-11-7-10/h9-11H,2-8H2,1H3. The Hall–Kier alpha value is -0.0800. The number of nitrogens with zero attached hydrogens (tertiary/aromatic N) is 1. The first-order valence-electron chi connectivity index (χ1n) is 5.27. The summed E-state index contributed by atoms with van der Waals surface area (Å²) in [4.78, 5) is 2.64. The van der Waals surface area contributed by atoms with E-state index in [1.54, 1.807) is 0 Å². The van der Waals surface area contributed by atoms with E-state index in [-0.39, 0.29) is 0 Å². The Bertz CT molecular complexity index is 135. The Morgan fingerprint density at radius 2 is 1.92 bits per heavy atom. The Morgan fingerprint density at radius 1 is 1.25 bits per heavy atom. The van der Waals surface area contributed by atoms with Crippen LogP contribution in [0.2, 0.25) is 0 Å². The Labute approximate surface area is 75.3 Å². The van der Waals surface area contributed by atoms with Gasteiger partial charge in [-0.15, -0.1) is 0 Å². The molecule has 2 rings (SSSR count). The van der Waals surface area contributed by atoms with Gasteiger partial charge in [0.15, 0.2) is 0 Å². The van der Waals surface area contributed by atoms with Crippen LogP contribution in [0.25, 0.3) is 0 Å². The van der Waals surface area contributed by atoms with Crippen molar-refractivity contribution in [1.29, 1.82) is 0 Å². The maximum absolute atomic E-state index is 3.33. The molecule has 0 radical (unpaired) electrons. The highest BCUT2D eigenvalue weighted by Crippen LogP contribution is 2.17. The molecule has 0 aliphatic carbocycles. The lowest BCUT2D eigenvalue weighted by atomic mass is 9.96. The third-order valence-electron chi connectivity index (χ3n) is 3.26. The molecule has 2 aliphatic rings. The zero-order valence-corrected chi connectivity index (χ0v) is 8.05. The fourth-order valence-electron chi connectivity index (χ4n) is 2.09. The predicted molar refractivity (Wildman–Crippen MR) is 51.2 cm³/mol. The molecule has 0 unspecified atom stereocenters. The minimum absolute atomic E-state index is 0.957. The molecule has 2 saturated heterocycles. The molecule has 0 spiro atoms. The van der Waals surface area contributed by atoms with Crippen molar-refractivity contribution in [2.24, 2.45) is 11.8 Å². The molecule has 0 aromatic rings. The quantitative estimate of drug-likeness (QED) is 0.660. The van der Waals surface area contributed by atoms with E-state index in [0.717, 1.165) is 11.8 Å². The molecule has 2 aliphatic heterocycles. The van der Waals surface area contributed by atoms with E-state index in [9.17, 15) is 0 Å². The molecule has 12 heavy (non-hydrogen) atoms. The highest BCUT2D eigenvalue weighted by Gasteiger charge is 2.22. The molecule has 2 nitrogen and oxygen atoms in total. The van der Waals surface area contributed by atoms with Crippen molar-refractivity contribution in [2.45, 2.75) is 19.8 Å². The van der Waals surface area contributed by atoms with Crippen molar-refractivity contribution >= 4 is 0 Å². The molecule has 0 amide bonds. The maximum atomic E-state index is 3.33. The summed E-state index contributed by atoms with van der Waals surface area (Å²) in [5.41, 5.74) is 0. The van der Waals surface area contributed by atoms with E-state index in [1.165, 1.54) is 45.6 Å². The van der Waals surface area contributed by atoms with Gasteiger partial charge in [0.25, 0.3) is 0 Å². The number of nitrogens with one attached hydrogen (secondary N) is 1. The van der Waals surface area contributed by atoms with Crippen LogP contribution in [-0.2, 0) is 0 Å². The van der Waals surface area contributed by atoms with E-state index in [1.807, 2.05) is 0 Å². The average molecular weight is 168 g/mol. The summed E-state index contributed by atoms with van der Waals surface area (Å²) in [6.45, 7) is 8.93. The van der Waals surface area contributed by atoms with Crippen LogP contribution < -0.4 is 5.32 Å². The third-order valence-corrected chi connectivity index (χ3v) is 3.26. The lowest BCUT2D eigenvalue weighted by Crippen LogP contribution is -2.49. The molecule has 2 fully saturated rings. The van der Waals surface area contributed by atoms with Gasteiger partial charge in [0.2, 0.25) is 0 Å². The highest BCUT2D eigenvalue weighted by molar-refractivity contribution is 4.80. The number of piperidine rings is 1. The summed E-state index contributed by atoms with van der Waals surface area (Å²) in [6.07, 6.45) is 2.83. The van der Waals surface area contributed by atoms with Crippen LogP contribution in [0.3, 0.4) is 0 Å². The smallest absolute Gasteiger partial charge is 0.00340 e. The van der Waals surface area contributed by atoms with Crippen molar-refractivity contribution in [3.63, 3.8) is 0 Å². The number of likely N-dealkylation sites (tertiary alicyclic amines) is 1. The first-order chi connectivity index (χ1) is 5.84. The van der Waals surface area contributed by atoms with Crippen LogP contribution >= 0.6 is 0 Å². The van der Waals surface area contributed by atoms with Crippen molar-refractivity contribution in [1.82, 2.24) is 10.2 Å². The van der Waals surface area contributed by atoms with Crippen LogP contribution in [0.15, 0.2) is 0 Å². The zero-order chi connectivity index (χ0) is 8.39. The van der Waals surface area contributed by atoms with Gasteiger partial charge in [0.05, 0.1) is 0 Å². The Morgan fingerprint density at radius 3 is 2.42 bits per heavy atom. The molecule has 1 N–H and O–H groups in total. The fraction of sp³-hybridized carbons (Fsp3) is 1.00. The second-order valence-corrected chi connectivity index (χ2v) is 4.51. The van der Waals surface area contributed by atoms with Crippen LogP contribution in [0.5, 0.6) is 0 Å². The monoisotopic (exact) mass is 168 g/mol. The normalized spacial score (nSPS) is 28.8. The van der Waals surface area contributed by atoms with Crippen LogP contribution in [0.1, 0.15) is 19.8 Å². The number of hydrogen-bond donors (Lipinski definition) is 1. The molecule has 2 heterocycles. The summed E-state index contributed by atoms with van der Waals surface area (Å²) in [5.74, 6) is 1.93. The van der Waals surface area contributed by atoms with Gasteiger partial charge in [-0.3, -0.25) is 0 Å². The summed E-state index contributed by atoms with van der Waals surface area (Å²) in [7, 11) is 0. The lowest BCUT2D eigenvalue weighted by molar-refractivity contribution is 0.146. The van der Waals surface area contributed by atoms with Gasteiger partial charge in [-0.2, -0.15) is 0 Å². The van der Waals surface area contributed by atoms with Gasteiger partial charge in [0.1, 0.15) is 0 Å². The third kappa shape index (κ3) is 1.99. The Balaban J connectivity index is 1.67. The van der Waals surface area contributed by atoms with Crippen molar-refractivity contribution in [3.8, 4) is 0 Å². The zero-order valence-electron chi connectivity index (χ0n) is 8.05. The van der Waals surface area contributed by atoms with E-state index in [4.69, 9.17) is 0 Å². The van der Waals surface area contributed by atoms with E-state index in [0.29, 0.717) is 0 Å². The molecule has 2 heteroatoms. The SMILES string of the molecule is CC1CCN(CC2CNC2)CC1. The largest absolute Gasteiger partial charge is 0.316 e. The minimum Gasteiger partial charge on any atom is -0.316 e. The molecule has 0 aromatic carbocycles. The van der Waals surface area contributed by atoms with Crippen LogP contribution in [0, 0.1) is 11.8 Å². The second-order valence-electron chi connectivity index (χ2n) is 4.51. The summed E-state index contributed by atoms with van der Waals surface area (Å²) < 4.78 is 0. The molecular weight excluding hydrogens is 148 g/mol. The predicted octanol–water partition coefficient (Wildman–Crippen LogP) is 0.938. The van der Waals surface area contributed by atoms with Gasteiger partial charge < -0.3 is 10.2 Å². The average Bonchev–Trinajstić information content (AvgIpc) is 2.00. The summed E-state index contributed by atoms with van der Waals surface area (Å²) >= 11 is 0. The first-order valence-corrected chi connectivity index (χ1v) is 5.27. The molecule has 0 atom stereocenters. The Kier molecular flexibility index (Phi) is 2.66. The number of hydrogen-bond acceptors (Lipinski definition) is 2. The van der Waals surface area contributed by atoms with Gasteiger partial charge in [-0.05, 0) is 37.8 Å². The maximum Gasteiger partial charge on any atom is 0.00340 e. The molecular formula is C10H20N2. The van der Waals surface area contributed by atoms with Crippen LogP contribution in [0.4, 0.5) is 0 Å². The second kappa shape index (κ2) is 3.75. The molecule has 70 valence electrons. The van der Waals surface area contributed by atoms with Crippen molar-refractivity contribution in [3.05, 3.63) is 0 Å². The van der Waals surface area contributed by atoms with E-state index >= 15 is 0 Å². The molecule has 0 bridgehead atoms. The van der Waals surface area contributed by atoms with Crippen molar-refractivity contribution in [2.75, 3.05) is 32.7 Å². The molecule has 0 saturated carbocycles. The van der Waals surface area contributed by atoms with Gasteiger partial charge in [0, 0.05) is 19.6 Å². The van der Waals surface area contributed by atoms with Gasteiger partial charge >= 0.3 is 0 Å². The highest BCUT2D eigenvalue weighted by atomic mass is 15.1. The first kappa shape index (κ1) is 8.52. The van der Waals surface area contributed by atoms with Gasteiger partial charge in [-0.1, -0.05) is 6.92 Å². The van der Waals surface area contributed by atoms with Crippen LogP contribution in [-0.4, -0.2) is 37.6 Å². The lowest BCUT2D eigenvalue weighted by Gasteiger charge is -2.36. The minimum atomic E-state index is 0.957. The van der Waals surface area contributed by atoms with E-state index in [2.05, 4.69) is 17.1 Å².